The number of amides is 1. The van der Waals surface area contributed by atoms with Crippen LogP contribution in [0.5, 0.6) is 0 Å². The second-order valence-corrected chi connectivity index (χ2v) is 4.57. The third kappa shape index (κ3) is 4.25. The molecule has 3 nitrogen and oxygen atoms in total. The van der Waals surface area contributed by atoms with Gasteiger partial charge < -0.3 is 5.32 Å². The summed E-state index contributed by atoms with van der Waals surface area (Å²) in [6.45, 7) is 0. The van der Waals surface area contributed by atoms with Crippen LogP contribution in [-0.4, -0.2) is 5.91 Å². The molecule has 0 saturated heterocycles. The number of rotatable bonds is 5. The lowest BCUT2D eigenvalue weighted by Crippen LogP contribution is -2.12. The first-order chi connectivity index (χ1) is 9.78. The van der Waals surface area contributed by atoms with E-state index in [1.165, 1.54) is 0 Å². The fourth-order valence-electron chi connectivity index (χ4n) is 1.92. The van der Waals surface area contributed by atoms with Crippen LogP contribution in [0.25, 0.3) is 0 Å². The minimum atomic E-state index is 0.00175. The highest BCUT2D eigenvalue weighted by Crippen LogP contribution is 2.11. The van der Waals surface area contributed by atoms with Gasteiger partial charge in [0.15, 0.2) is 0 Å². The molecule has 0 spiro atoms. The van der Waals surface area contributed by atoms with Crippen LogP contribution in [0.3, 0.4) is 0 Å². The van der Waals surface area contributed by atoms with Crippen LogP contribution in [0.15, 0.2) is 54.6 Å². The van der Waals surface area contributed by atoms with Gasteiger partial charge in [0, 0.05) is 12.1 Å². The van der Waals surface area contributed by atoms with E-state index in [-0.39, 0.29) is 5.91 Å². The third-order valence-electron chi connectivity index (χ3n) is 3.00. The number of hydrogen-bond acceptors (Lipinski definition) is 2. The summed E-state index contributed by atoms with van der Waals surface area (Å²) in [5.41, 5.74) is 2.88. The van der Waals surface area contributed by atoms with E-state index in [1.54, 1.807) is 0 Å². The number of carbonyl (C=O) groups is 1. The van der Waals surface area contributed by atoms with Crippen molar-refractivity contribution in [3.05, 3.63) is 65.7 Å². The summed E-state index contributed by atoms with van der Waals surface area (Å²) in [7, 11) is 0. The first kappa shape index (κ1) is 13.8. The zero-order valence-corrected chi connectivity index (χ0v) is 11.2. The molecule has 0 aromatic heterocycles. The molecular weight excluding hydrogens is 248 g/mol. The van der Waals surface area contributed by atoms with Crippen molar-refractivity contribution in [3.8, 4) is 6.07 Å². The highest BCUT2D eigenvalue weighted by atomic mass is 16.1. The van der Waals surface area contributed by atoms with Gasteiger partial charge in [-0.15, -0.1) is 0 Å². The van der Waals surface area contributed by atoms with Crippen molar-refractivity contribution in [3.63, 3.8) is 0 Å². The molecule has 0 aliphatic heterocycles. The molecule has 100 valence electrons. The number of nitrogens with one attached hydrogen (secondary N) is 1. The number of nitriles is 1. The predicted octanol–water partition coefficient (Wildman–Crippen LogP) is 3.32. The van der Waals surface area contributed by atoms with Gasteiger partial charge in [0.05, 0.1) is 12.5 Å². The van der Waals surface area contributed by atoms with Gasteiger partial charge in [-0.05, 0) is 29.7 Å². The normalized spacial score (nSPS) is 9.75. The van der Waals surface area contributed by atoms with E-state index in [9.17, 15) is 4.79 Å². The first-order valence-electron chi connectivity index (χ1n) is 6.57. The number of anilines is 1. The Hall–Kier alpha value is -2.60. The molecule has 2 aromatic rings. The van der Waals surface area contributed by atoms with Crippen LogP contribution in [0.1, 0.15) is 17.5 Å². The van der Waals surface area contributed by atoms with Crippen molar-refractivity contribution >= 4 is 11.6 Å². The van der Waals surface area contributed by atoms with E-state index in [0.717, 1.165) is 23.2 Å². The number of hydrogen-bond donors (Lipinski definition) is 1. The van der Waals surface area contributed by atoms with Crippen LogP contribution in [0.4, 0.5) is 5.69 Å². The molecule has 0 bridgehead atoms. The van der Waals surface area contributed by atoms with Gasteiger partial charge in [-0.2, -0.15) is 5.26 Å². The van der Waals surface area contributed by atoms with E-state index in [1.807, 2.05) is 54.6 Å². The second-order valence-electron chi connectivity index (χ2n) is 4.57. The number of nitrogens with zero attached hydrogens (tertiary/aromatic N) is 1. The van der Waals surface area contributed by atoms with Gasteiger partial charge in [0.1, 0.15) is 0 Å². The summed E-state index contributed by atoms with van der Waals surface area (Å²) in [5.74, 6) is 0.00175. The fourth-order valence-corrected chi connectivity index (χ4v) is 1.92. The van der Waals surface area contributed by atoms with Crippen molar-refractivity contribution in [1.82, 2.24) is 0 Å². The maximum absolute atomic E-state index is 11.8. The topological polar surface area (TPSA) is 52.9 Å². The Bertz CT molecular complexity index is 597. The summed E-state index contributed by atoms with van der Waals surface area (Å²) in [6.07, 6.45) is 1.59. The Morgan fingerprint density at radius 2 is 1.70 bits per heavy atom. The Balaban J connectivity index is 1.84. The average molecular weight is 264 g/mol. The largest absolute Gasteiger partial charge is 0.326 e. The quantitative estimate of drug-likeness (QED) is 0.900. The molecule has 20 heavy (non-hydrogen) atoms. The lowest BCUT2D eigenvalue weighted by atomic mass is 10.1. The van der Waals surface area contributed by atoms with Gasteiger partial charge in [-0.25, -0.2) is 0 Å². The molecular formula is C17H16N2O. The van der Waals surface area contributed by atoms with Gasteiger partial charge in [-0.1, -0.05) is 42.5 Å². The SMILES string of the molecule is N#CCc1ccc(NC(=O)CCc2ccccc2)cc1. The van der Waals surface area contributed by atoms with Crippen LogP contribution in [0, 0.1) is 11.3 Å². The van der Waals surface area contributed by atoms with Crippen LogP contribution in [0.2, 0.25) is 0 Å². The monoisotopic (exact) mass is 264 g/mol. The molecule has 2 aromatic carbocycles. The molecule has 0 fully saturated rings. The zero-order valence-electron chi connectivity index (χ0n) is 11.2. The van der Waals surface area contributed by atoms with E-state index in [2.05, 4.69) is 11.4 Å². The van der Waals surface area contributed by atoms with Crippen molar-refractivity contribution in [2.24, 2.45) is 0 Å². The summed E-state index contributed by atoms with van der Waals surface area (Å²) in [4.78, 5) is 11.8. The summed E-state index contributed by atoms with van der Waals surface area (Å²) in [6, 6.07) is 19.4. The maximum atomic E-state index is 11.8. The van der Waals surface area contributed by atoms with Crippen molar-refractivity contribution in [2.45, 2.75) is 19.3 Å². The van der Waals surface area contributed by atoms with Crippen LogP contribution < -0.4 is 5.32 Å². The zero-order chi connectivity index (χ0) is 14.2. The van der Waals surface area contributed by atoms with Crippen molar-refractivity contribution in [2.75, 3.05) is 5.32 Å². The van der Waals surface area contributed by atoms with Crippen LogP contribution in [-0.2, 0) is 17.6 Å². The molecule has 1 N–H and O–H groups in total. The number of aryl methyl sites for hydroxylation is 1. The second kappa shape index (κ2) is 7.10. The Labute approximate surface area is 118 Å². The molecule has 0 atom stereocenters. The third-order valence-corrected chi connectivity index (χ3v) is 3.00. The number of carbonyl (C=O) groups excluding carboxylic acids is 1. The predicted molar refractivity (Wildman–Crippen MR) is 79.2 cm³/mol. The fraction of sp³-hybridized carbons (Fsp3) is 0.176. The molecule has 1 amide bonds. The van der Waals surface area contributed by atoms with Gasteiger partial charge >= 0.3 is 0 Å². The van der Waals surface area contributed by atoms with Gasteiger partial charge in [-0.3, -0.25) is 4.79 Å². The molecule has 0 aliphatic rings. The Kier molecular flexibility index (Phi) is 4.91. The molecule has 0 heterocycles. The summed E-state index contributed by atoms with van der Waals surface area (Å²) in [5, 5.41) is 11.5. The first-order valence-corrected chi connectivity index (χ1v) is 6.57. The number of benzene rings is 2. The van der Waals surface area contributed by atoms with Gasteiger partial charge in [0.2, 0.25) is 5.91 Å². The highest BCUT2D eigenvalue weighted by Gasteiger charge is 2.03. The van der Waals surface area contributed by atoms with E-state index < -0.39 is 0 Å². The molecule has 0 radical (unpaired) electrons. The summed E-state index contributed by atoms with van der Waals surface area (Å²) >= 11 is 0. The Morgan fingerprint density at radius 1 is 1.00 bits per heavy atom. The average Bonchev–Trinajstić information content (AvgIpc) is 2.49. The molecule has 2 rings (SSSR count). The smallest absolute Gasteiger partial charge is 0.224 e. The van der Waals surface area contributed by atoms with E-state index in [4.69, 9.17) is 5.26 Å². The Morgan fingerprint density at radius 3 is 2.35 bits per heavy atom. The van der Waals surface area contributed by atoms with Gasteiger partial charge in [0.25, 0.3) is 0 Å². The van der Waals surface area contributed by atoms with Crippen LogP contribution >= 0.6 is 0 Å². The standard InChI is InChI=1S/C17H16N2O/c18-13-12-15-6-9-16(10-7-15)19-17(20)11-8-14-4-2-1-3-5-14/h1-7,9-10H,8,11-12H2,(H,19,20). The molecule has 0 unspecified atom stereocenters. The maximum Gasteiger partial charge on any atom is 0.224 e. The lowest BCUT2D eigenvalue weighted by molar-refractivity contribution is -0.116. The molecule has 3 heteroatoms. The van der Waals surface area contributed by atoms with Crippen molar-refractivity contribution < 1.29 is 4.79 Å². The molecule has 0 aliphatic carbocycles. The van der Waals surface area contributed by atoms with E-state index in [0.29, 0.717) is 12.8 Å². The molecule has 0 saturated carbocycles. The van der Waals surface area contributed by atoms with Crippen molar-refractivity contribution in [1.29, 1.82) is 5.26 Å². The minimum Gasteiger partial charge on any atom is -0.326 e. The highest BCUT2D eigenvalue weighted by molar-refractivity contribution is 5.90. The minimum absolute atomic E-state index is 0.00175. The summed E-state index contributed by atoms with van der Waals surface area (Å²) < 4.78 is 0. The van der Waals surface area contributed by atoms with E-state index >= 15 is 0 Å². The lowest BCUT2D eigenvalue weighted by Gasteiger charge is -2.06.